The first-order valence-electron chi connectivity index (χ1n) is 10.3. The van der Waals surface area contributed by atoms with Crippen LogP contribution in [0, 0.1) is 0 Å². The molecule has 0 unspecified atom stereocenters. The second kappa shape index (κ2) is 7.68. The molecule has 2 aromatic rings. The minimum Gasteiger partial charge on any atom is -0.253 e. The lowest BCUT2D eigenvalue weighted by Gasteiger charge is -2.21. The van der Waals surface area contributed by atoms with E-state index in [1.54, 1.807) is 5.56 Å². The summed E-state index contributed by atoms with van der Waals surface area (Å²) < 4.78 is 0. The summed E-state index contributed by atoms with van der Waals surface area (Å²) >= 11 is 0. The van der Waals surface area contributed by atoms with E-state index in [2.05, 4.69) is 30.3 Å². The molecular formula is C23H31N. The molecule has 0 N–H and O–H groups in total. The van der Waals surface area contributed by atoms with Gasteiger partial charge in [-0.1, -0.05) is 69.6 Å². The molecule has 0 atom stereocenters. The van der Waals surface area contributed by atoms with Gasteiger partial charge < -0.3 is 0 Å². The molecule has 2 saturated carbocycles. The first kappa shape index (κ1) is 16.1. The molecule has 4 rings (SSSR count). The first-order chi connectivity index (χ1) is 11.9. The Morgan fingerprint density at radius 2 is 1.25 bits per heavy atom. The summed E-state index contributed by atoms with van der Waals surface area (Å²) in [5.74, 6) is 1.45. The zero-order valence-electron chi connectivity index (χ0n) is 15.0. The Kier molecular flexibility index (Phi) is 5.16. The predicted molar refractivity (Wildman–Crippen MR) is 103 cm³/mol. The first-order valence-corrected chi connectivity index (χ1v) is 10.3. The van der Waals surface area contributed by atoms with E-state index in [-0.39, 0.29) is 0 Å². The molecular weight excluding hydrogens is 290 g/mol. The van der Waals surface area contributed by atoms with E-state index in [9.17, 15) is 0 Å². The normalized spacial score (nSPS) is 21.5. The summed E-state index contributed by atoms with van der Waals surface area (Å²) in [6.07, 6.45) is 16.7. The van der Waals surface area contributed by atoms with E-state index in [1.165, 1.54) is 93.6 Å². The lowest BCUT2D eigenvalue weighted by Crippen LogP contribution is -2.06. The smallest absolute Gasteiger partial charge is 0.0708 e. The van der Waals surface area contributed by atoms with Crippen LogP contribution in [0.25, 0.3) is 10.9 Å². The third-order valence-corrected chi connectivity index (χ3v) is 6.34. The highest BCUT2D eigenvalue weighted by atomic mass is 14.7. The molecule has 0 spiro atoms. The summed E-state index contributed by atoms with van der Waals surface area (Å²) in [6, 6.07) is 11.4. The van der Waals surface area contributed by atoms with Gasteiger partial charge in [-0.3, -0.25) is 4.98 Å². The van der Waals surface area contributed by atoms with E-state index in [0.29, 0.717) is 5.92 Å². The molecule has 0 aliphatic heterocycles. The lowest BCUT2D eigenvalue weighted by molar-refractivity contribution is 0.570. The summed E-state index contributed by atoms with van der Waals surface area (Å²) in [7, 11) is 0. The average Bonchev–Trinajstić information content (AvgIpc) is 3.06. The molecule has 1 aromatic heterocycles. The second-order valence-corrected chi connectivity index (χ2v) is 8.03. The Morgan fingerprint density at radius 3 is 1.92 bits per heavy atom. The SMILES string of the molecule is c1ccc2c(C3CCCCCC3)cc(C3CCCCCC3)nc2c1. The van der Waals surface area contributed by atoms with Crippen LogP contribution in [0.3, 0.4) is 0 Å². The maximum absolute atomic E-state index is 5.12. The molecule has 1 aromatic carbocycles. The van der Waals surface area contributed by atoms with Crippen molar-refractivity contribution in [2.45, 2.75) is 88.9 Å². The van der Waals surface area contributed by atoms with Crippen LogP contribution in [0.1, 0.15) is 100 Å². The van der Waals surface area contributed by atoms with Gasteiger partial charge in [0.25, 0.3) is 0 Å². The number of hydrogen-bond acceptors (Lipinski definition) is 1. The summed E-state index contributed by atoms with van der Waals surface area (Å²) in [6.45, 7) is 0. The van der Waals surface area contributed by atoms with Crippen molar-refractivity contribution in [1.82, 2.24) is 4.98 Å². The molecule has 2 fully saturated rings. The number of benzene rings is 1. The van der Waals surface area contributed by atoms with Crippen LogP contribution in [0.15, 0.2) is 30.3 Å². The van der Waals surface area contributed by atoms with Gasteiger partial charge in [-0.2, -0.15) is 0 Å². The van der Waals surface area contributed by atoms with Crippen LogP contribution in [0.2, 0.25) is 0 Å². The zero-order chi connectivity index (χ0) is 16.2. The van der Waals surface area contributed by atoms with Gasteiger partial charge in [0.2, 0.25) is 0 Å². The fraction of sp³-hybridized carbons (Fsp3) is 0.609. The Balaban J connectivity index is 1.75. The topological polar surface area (TPSA) is 12.9 Å². The lowest BCUT2D eigenvalue weighted by atomic mass is 9.86. The maximum atomic E-state index is 5.12. The third-order valence-electron chi connectivity index (χ3n) is 6.34. The van der Waals surface area contributed by atoms with E-state index in [4.69, 9.17) is 4.98 Å². The fourth-order valence-electron chi connectivity index (χ4n) is 4.94. The molecule has 0 saturated heterocycles. The summed E-state index contributed by atoms with van der Waals surface area (Å²) in [5, 5.41) is 1.42. The highest BCUT2D eigenvalue weighted by molar-refractivity contribution is 5.83. The van der Waals surface area contributed by atoms with Crippen molar-refractivity contribution in [2.75, 3.05) is 0 Å². The minimum absolute atomic E-state index is 0.696. The van der Waals surface area contributed by atoms with Crippen molar-refractivity contribution >= 4 is 10.9 Å². The third kappa shape index (κ3) is 3.50. The molecule has 24 heavy (non-hydrogen) atoms. The van der Waals surface area contributed by atoms with E-state index in [1.807, 2.05) is 0 Å². The molecule has 2 aliphatic carbocycles. The van der Waals surface area contributed by atoms with Crippen LogP contribution in [-0.2, 0) is 0 Å². The van der Waals surface area contributed by atoms with Crippen molar-refractivity contribution in [3.05, 3.63) is 41.6 Å². The van der Waals surface area contributed by atoms with Crippen LogP contribution in [0.5, 0.6) is 0 Å². The highest BCUT2D eigenvalue weighted by Crippen LogP contribution is 2.38. The number of fused-ring (bicyclic) bond motifs is 1. The number of aromatic nitrogens is 1. The van der Waals surface area contributed by atoms with Gasteiger partial charge in [0.15, 0.2) is 0 Å². The zero-order valence-corrected chi connectivity index (χ0v) is 15.0. The Hall–Kier alpha value is -1.37. The van der Waals surface area contributed by atoms with Crippen LogP contribution in [-0.4, -0.2) is 4.98 Å². The Morgan fingerprint density at radius 1 is 0.667 bits per heavy atom. The van der Waals surface area contributed by atoms with Crippen LogP contribution >= 0.6 is 0 Å². The molecule has 2 aliphatic rings. The van der Waals surface area contributed by atoms with E-state index < -0.39 is 0 Å². The molecule has 1 heteroatoms. The standard InChI is InChI=1S/C23H31N/c1-2-6-12-18(11-5-1)21-17-23(19-13-7-3-4-8-14-19)24-22-16-10-9-15-20(21)22/h9-10,15-19H,1-8,11-14H2. The van der Waals surface area contributed by atoms with Gasteiger partial charge in [-0.25, -0.2) is 0 Å². The van der Waals surface area contributed by atoms with Gasteiger partial charge in [-0.05, 0) is 49.3 Å². The maximum Gasteiger partial charge on any atom is 0.0708 e. The quantitative estimate of drug-likeness (QED) is 0.537. The monoisotopic (exact) mass is 321 g/mol. The molecule has 0 bridgehead atoms. The molecule has 1 heterocycles. The van der Waals surface area contributed by atoms with Gasteiger partial charge in [0.05, 0.1) is 5.52 Å². The van der Waals surface area contributed by atoms with E-state index >= 15 is 0 Å². The summed E-state index contributed by atoms with van der Waals surface area (Å²) in [4.78, 5) is 5.12. The molecule has 0 radical (unpaired) electrons. The van der Waals surface area contributed by atoms with Crippen molar-refractivity contribution in [3.8, 4) is 0 Å². The highest BCUT2D eigenvalue weighted by Gasteiger charge is 2.21. The fourth-order valence-corrected chi connectivity index (χ4v) is 4.94. The number of rotatable bonds is 2. The Labute approximate surface area is 146 Å². The second-order valence-electron chi connectivity index (χ2n) is 8.03. The van der Waals surface area contributed by atoms with Crippen LogP contribution in [0.4, 0.5) is 0 Å². The van der Waals surface area contributed by atoms with Gasteiger partial charge in [0.1, 0.15) is 0 Å². The molecule has 0 amide bonds. The van der Waals surface area contributed by atoms with Crippen molar-refractivity contribution in [2.24, 2.45) is 0 Å². The summed E-state index contributed by atoms with van der Waals surface area (Å²) in [5.41, 5.74) is 4.25. The minimum atomic E-state index is 0.696. The van der Waals surface area contributed by atoms with Gasteiger partial charge in [0, 0.05) is 17.0 Å². The molecule has 128 valence electrons. The average molecular weight is 322 g/mol. The largest absolute Gasteiger partial charge is 0.253 e. The van der Waals surface area contributed by atoms with Gasteiger partial charge >= 0.3 is 0 Å². The van der Waals surface area contributed by atoms with Gasteiger partial charge in [-0.15, -0.1) is 0 Å². The van der Waals surface area contributed by atoms with E-state index in [0.717, 1.165) is 5.92 Å². The number of para-hydroxylation sites is 1. The van der Waals surface area contributed by atoms with Crippen LogP contribution < -0.4 is 0 Å². The number of nitrogens with zero attached hydrogens (tertiary/aromatic N) is 1. The number of hydrogen-bond donors (Lipinski definition) is 0. The van der Waals surface area contributed by atoms with Crippen molar-refractivity contribution < 1.29 is 0 Å². The number of pyridine rings is 1. The molecule has 1 nitrogen and oxygen atoms in total. The van der Waals surface area contributed by atoms with Crippen molar-refractivity contribution in [3.63, 3.8) is 0 Å². The Bertz CT molecular complexity index is 659. The van der Waals surface area contributed by atoms with Crippen molar-refractivity contribution in [1.29, 1.82) is 0 Å². The predicted octanol–water partition coefficient (Wildman–Crippen LogP) is 7.11.